The van der Waals surface area contributed by atoms with Crippen LogP contribution in [0, 0.1) is 13.8 Å². The maximum absolute atomic E-state index is 12.2. The molecule has 0 aliphatic heterocycles. The summed E-state index contributed by atoms with van der Waals surface area (Å²) in [5, 5.41) is 6.56. The molecule has 24 heavy (non-hydrogen) atoms. The molecule has 7 heteroatoms. The Morgan fingerprint density at radius 1 is 1.17 bits per heavy atom. The highest BCUT2D eigenvalue weighted by molar-refractivity contribution is 5.97. The Morgan fingerprint density at radius 2 is 1.79 bits per heavy atom. The molecule has 0 fully saturated rings. The van der Waals surface area contributed by atoms with Gasteiger partial charge < -0.3 is 10.1 Å². The first-order valence-electron chi connectivity index (χ1n) is 7.42. The van der Waals surface area contributed by atoms with Crippen LogP contribution >= 0.6 is 0 Å². The lowest BCUT2D eigenvalue weighted by Gasteiger charge is -2.16. The highest BCUT2D eigenvalue weighted by Crippen LogP contribution is 2.19. The highest BCUT2D eigenvalue weighted by Gasteiger charge is 2.21. The number of aromatic nitrogens is 2. The van der Waals surface area contributed by atoms with Crippen molar-refractivity contribution in [2.45, 2.75) is 26.9 Å². The maximum Gasteiger partial charge on any atom is 0.359 e. The van der Waals surface area contributed by atoms with E-state index in [9.17, 15) is 14.4 Å². The summed E-state index contributed by atoms with van der Waals surface area (Å²) in [5.74, 6) is -1.21. The number of rotatable bonds is 4. The van der Waals surface area contributed by atoms with Gasteiger partial charge in [0.25, 0.3) is 11.5 Å². The van der Waals surface area contributed by atoms with Gasteiger partial charge in [0.1, 0.15) is 0 Å². The average molecular weight is 329 g/mol. The van der Waals surface area contributed by atoms with Gasteiger partial charge in [-0.15, -0.1) is 0 Å². The van der Waals surface area contributed by atoms with Crippen molar-refractivity contribution in [2.24, 2.45) is 7.05 Å². The molecule has 0 spiro atoms. The van der Waals surface area contributed by atoms with E-state index in [4.69, 9.17) is 4.74 Å². The zero-order valence-corrected chi connectivity index (χ0v) is 14.0. The molecule has 2 rings (SSSR count). The lowest BCUT2D eigenvalue weighted by atomic mass is 10.1. The van der Waals surface area contributed by atoms with E-state index in [-0.39, 0.29) is 11.3 Å². The molecular weight excluding hydrogens is 310 g/mol. The van der Waals surface area contributed by atoms with Gasteiger partial charge in [0.15, 0.2) is 11.8 Å². The van der Waals surface area contributed by atoms with Gasteiger partial charge in [-0.3, -0.25) is 9.59 Å². The molecule has 7 nitrogen and oxygen atoms in total. The van der Waals surface area contributed by atoms with E-state index in [2.05, 4.69) is 10.4 Å². The molecule has 1 aromatic heterocycles. The first kappa shape index (κ1) is 17.4. The van der Waals surface area contributed by atoms with Crippen LogP contribution in [0.4, 0.5) is 5.69 Å². The summed E-state index contributed by atoms with van der Waals surface area (Å²) >= 11 is 0. The standard InChI is InChI=1S/C17H19N3O4/c1-10-6-5-7-11(2)15(10)18-16(22)12(3)24-17(23)13-8-9-14(21)20(4)19-13/h5-9,12H,1-4H3,(H,18,22)/t12-/m0/s1. The number of carbonyl (C=O) groups is 2. The molecular formula is C17H19N3O4. The number of nitrogens with zero attached hydrogens (tertiary/aromatic N) is 2. The van der Waals surface area contributed by atoms with Crippen molar-refractivity contribution >= 4 is 17.6 Å². The van der Waals surface area contributed by atoms with Crippen LogP contribution in [0.15, 0.2) is 35.1 Å². The molecule has 0 saturated heterocycles. The number of ether oxygens (including phenoxy) is 1. The predicted molar refractivity (Wildman–Crippen MR) is 88.9 cm³/mol. The minimum Gasteiger partial charge on any atom is -0.448 e. The number of carbonyl (C=O) groups excluding carboxylic acids is 2. The van der Waals surface area contributed by atoms with E-state index in [0.29, 0.717) is 5.69 Å². The first-order chi connectivity index (χ1) is 11.3. The van der Waals surface area contributed by atoms with Crippen molar-refractivity contribution in [3.8, 4) is 0 Å². The fourth-order valence-electron chi connectivity index (χ4n) is 2.12. The second-order valence-electron chi connectivity index (χ2n) is 5.48. The Morgan fingerprint density at radius 3 is 2.38 bits per heavy atom. The fraction of sp³-hybridized carbons (Fsp3) is 0.294. The molecule has 2 aromatic rings. The van der Waals surface area contributed by atoms with Gasteiger partial charge in [0.05, 0.1) is 0 Å². The van der Waals surface area contributed by atoms with Crippen LogP contribution < -0.4 is 10.9 Å². The van der Waals surface area contributed by atoms with Crippen LogP contribution in [0.1, 0.15) is 28.5 Å². The first-order valence-corrected chi connectivity index (χ1v) is 7.42. The molecule has 126 valence electrons. The summed E-state index contributed by atoms with van der Waals surface area (Å²) in [7, 11) is 1.43. The molecule has 0 aliphatic carbocycles. The molecule has 1 amide bonds. The smallest absolute Gasteiger partial charge is 0.359 e. The maximum atomic E-state index is 12.2. The summed E-state index contributed by atoms with van der Waals surface area (Å²) in [6, 6.07) is 8.14. The van der Waals surface area contributed by atoms with E-state index in [0.717, 1.165) is 15.8 Å². The second kappa shape index (κ2) is 7.08. The Labute approximate surface area is 139 Å². The van der Waals surface area contributed by atoms with Crippen LogP contribution in [-0.4, -0.2) is 27.8 Å². The number of amides is 1. The predicted octanol–water partition coefficient (Wildman–Crippen LogP) is 1.58. The summed E-state index contributed by atoms with van der Waals surface area (Å²) in [4.78, 5) is 35.5. The van der Waals surface area contributed by atoms with Crippen molar-refractivity contribution in [1.82, 2.24) is 9.78 Å². The van der Waals surface area contributed by atoms with Crippen molar-refractivity contribution in [3.05, 3.63) is 57.5 Å². The van der Waals surface area contributed by atoms with Gasteiger partial charge >= 0.3 is 5.97 Å². The van der Waals surface area contributed by atoms with Gasteiger partial charge in [0, 0.05) is 18.8 Å². The van der Waals surface area contributed by atoms with Crippen LogP contribution in [-0.2, 0) is 16.6 Å². The van der Waals surface area contributed by atoms with E-state index in [1.165, 1.54) is 26.1 Å². The molecule has 1 N–H and O–H groups in total. The normalized spacial score (nSPS) is 11.7. The van der Waals surface area contributed by atoms with E-state index < -0.39 is 18.0 Å². The monoisotopic (exact) mass is 329 g/mol. The van der Waals surface area contributed by atoms with Crippen molar-refractivity contribution in [2.75, 3.05) is 5.32 Å². The molecule has 0 unspecified atom stereocenters. The average Bonchev–Trinajstić information content (AvgIpc) is 2.53. The van der Waals surface area contributed by atoms with Gasteiger partial charge in [0.2, 0.25) is 0 Å². The van der Waals surface area contributed by atoms with E-state index in [1.807, 2.05) is 32.0 Å². The van der Waals surface area contributed by atoms with Crippen molar-refractivity contribution in [1.29, 1.82) is 0 Å². The molecule has 1 aromatic carbocycles. The van der Waals surface area contributed by atoms with E-state index in [1.54, 1.807) is 0 Å². The molecule has 0 radical (unpaired) electrons. The molecule has 0 aliphatic rings. The summed E-state index contributed by atoms with van der Waals surface area (Å²) in [6.07, 6.45) is -1.00. The number of nitrogens with one attached hydrogen (secondary N) is 1. The Bertz CT molecular complexity index is 822. The minimum absolute atomic E-state index is 0.0381. The summed E-state index contributed by atoms with van der Waals surface area (Å²) in [6.45, 7) is 5.24. The van der Waals surface area contributed by atoms with Gasteiger partial charge in [-0.25, -0.2) is 9.48 Å². The number of esters is 1. The number of aryl methyl sites for hydroxylation is 3. The SMILES string of the molecule is Cc1cccc(C)c1NC(=O)[C@H](C)OC(=O)c1ccc(=O)n(C)n1. The van der Waals surface area contributed by atoms with Crippen LogP contribution in [0.3, 0.4) is 0 Å². The van der Waals surface area contributed by atoms with Crippen molar-refractivity contribution < 1.29 is 14.3 Å². The van der Waals surface area contributed by atoms with Crippen LogP contribution in [0.25, 0.3) is 0 Å². The number of hydrogen-bond donors (Lipinski definition) is 1. The fourth-order valence-corrected chi connectivity index (χ4v) is 2.12. The second-order valence-corrected chi connectivity index (χ2v) is 5.48. The van der Waals surface area contributed by atoms with Gasteiger partial charge in [-0.2, -0.15) is 5.10 Å². The topological polar surface area (TPSA) is 90.3 Å². The molecule has 0 bridgehead atoms. The van der Waals surface area contributed by atoms with Gasteiger partial charge in [-0.05, 0) is 38.0 Å². The summed E-state index contributed by atoms with van der Waals surface area (Å²) < 4.78 is 6.14. The number of anilines is 1. The third-order valence-corrected chi connectivity index (χ3v) is 3.55. The largest absolute Gasteiger partial charge is 0.448 e. The quantitative estimate of drug-likeness (QED) is 0.860. The third-order valence-electron chi connectivity index (χ3n) is 3.55. The number of hydrogen-bond acceptors (Lipinski definition) is 5. The third kappa shape index (κ3) is 3.87. The lowest BCUT2D eigenvalue weighted by Crippen LogP contribution is -2.31. The van der Waals surface area contributed by atoms with Gasteiger partial charge in [-0.1, -0.05) is 18.2 Å². The number of benzene rings is 1. The zero-order valence-electron chi connectivity index (χ0n) is 14.0. The minimum atomic E-state index is -1.00. The Kier molecular flexibility index (Phi) is 5.13. The molecule has 0 saturated carbocycles. The molecule has 1 atom stereocenters. The van der Waals surface area contributed by atoms with Crippen molar-refractivity contribution in [3.63, 3.8) is 0 Å². The Balaban J connectivity index is 2.07. The molecule has 1 heterocycles. The van der Waals surface area contributed by atoms with E-state index >= 15 is 0 Å². The Hall–Kier alpha value is -2.96. The highest BCUT2D eigenvalue weighted by atomic mass is 16.5. The lowest BCUT2D eigenvalue weighted by molar-refractivity contribution is -0.123. The van der Waals surface area contributed by atoms with Crippen LogP contribution in [0.5, 0.6) is 0 Å². The van der Waals surface area contributed by atoms with Crippen LogP contribution in [0.2, 0.25) is 0 Å². The summed E-state index contributed by atoms with van der Waals surface area (Å²) in [5.41, 5.74) is 2.16. The zero-order chi connectivity index (χ0) is 17.9. The number of para-hydroxylation sites is 1.